The topological polar surface area (TPSA) is 43.2 Å². The van der Waals surface area contributed by atoms with Crippen LogP contribution >= 0.6 is 11.3 Å². The minimum atomic E-state index is -0.0422. The zero-order chi connectivity index (χ0) is 17.4. The Bertz CT molecular complexity index is 877. The molecule has 132 valence electrons. The molecule has 1 aromatic carbocycles. The van der Waals surface area contributed by atoms with Crippen molar-refractivity contribution in [3.05, 3.63) is 41.4 Å². The van der Waals surface area contributed by atoms with Crippen LogP contribution in [0.3, 0.4) is 0 Å². The molecule has 0 unspecified atom stereocenters. The fourth-order valence-electron chi connectivity index (χ4n) is 3.58. The van der Waals surface area contributed by atoms with E-state index in [1.807, 2.05) is 6.20 Å². The minimum absolute atomic E-state index is 0.0422. The number of hydrogen-bond donors (Lipinski definition) is 0. The van der Waals surface area contributed by atoms with E-state index in [9.17, 15) is 0 Å². The highest BCUT2D eigenvalue weighted by Gasteiger charge is 2.29. The molecule has 0 spiro atoms. The predicted octanol–water partition coefficient (Wildman–Crippen LogP) is 3.40. The number of rotatable bonds is 4. The number of aromatic nitrogens is 3. The third-order valence-corrected chi connectivity index (χ3v) is 5.66. The smallest absolute Gasteiger partial charge is 0.120 e. The van der Waals surface area contributed by atoms with E-state index in [1.54, 1.807) is 11.3 Å². The lowest BCUT2D eigenvalue weighted by molar-refractivity contribution is 0.0288. The Balaban J connectivity index is 1.66. The lowest BCUT2D eigenvalue weighted by atomic mass is 9.91. The van der Waals surface area contributed by atoms with Gasteiger partial charge < -0.3 is 9.30 Å². The number of ether oxygens (including phenoxy) is 1. The Morgan fingerprint density at radius 2 is 2.04 bits per heavy atom. The summed E-state index contributed by atoms with van der Waals surface area (Å²) in [6.45, 7) is 11.2. The summed E-state index contributed by atoms with van der Waals surface area (Å²) in [4.78, 5) is 11.7. The molecule has 2 aromatic heterocycles. The van der Waals surface area contributed by atoms with Crippen molar-refractivity contribution in [1.82, 2.24) is 19.4 Å². The molecule has 1 fully saturated rings. The molecular formula is C19H24N4OS. The first-order chi connectivity index (χ1) is 12.0. The first kappa shape index (κ1) is 16.7. The molecular weight excluding hydrogens is 332 g/mol. The second kappa shape index (κ2) is 6.52. The monoisotopic (exact) mass is 356 g/mol. The molecule has 0 N–H and O–H groups in total. The molecule has 1 aliphatic rings. The van der Waals surface area contributed by atoms with Crippen molar-refractivity contribution in [2.24, 2.45) is 0 Å². The van der Waals surface area contributed by atoms with Crippen LogP contribution < -0.4 is 0 Å². The summed E-state index contributed by atoms with van der Waals surface area (Å²) in [7, 11) is 0. The van der Waals surface area contributed by atoms with Gasteiger partial charge in [0.25, 0.3) is 0 Å². The third kappa shape index (κ3) is 3.34. The number of morpholine rings is 1. The van der Waals surface area contributed by atoms with Gasteiger partial charge in [0.1, 0.15) is 5.82 Å². The molecule has 5 nitrogen and oxygen atoms in total. The lowest BCUT2D eigenvalue weighted by Gasteiger charge is -2.34. The van der Waals surface area contributed by atoms with Gasteiger partial charge in [0.2, 0.25) is 0 Å². The first-order valence-corrected chi connectivity index (χ1v) is 9.56. The highest BCUT2D eigenvalue weighted by molar-refractivity contribution is 7.18. The van der Waals surface area contributed by atoms with Gasteiger partial charge >= 0.3 is 0 Å². The Hall–Kier alpha value is -1.76. The molecule has 3 heterocycles. The lowest BCUT2D eigenvalue weighted by Crippen LogP contribution is -2.44. The van der Waals surface area contributed by atoms with Crippen molar-refractivity contribution in [3.8, 4) is 5.69 Å². The SMILES string of the molecule is Cc1nc2ccc(-n3ccnc3C(C)(C)CN3CCOCC3)cc2s1. The van der Waals surface area contributed by atoms with Gasteiger partial charge in [-0.3, -0.25) is 4.90 Å². The molecule has 0 aliphatic carbocycles. The molecule has 0 amide bonds. The third-order valence-electron chi connectivity index (χ3n) is 4.73. The zero-order valence-corrected chi connectivity index (χ0v) is 15.8. The maximum atomic E-state index is 5.47. The number of aryl methyl sites for hydroxylation is 1. The van der Waals surface area contributed by atoms with Crippen LogP contribution in [0.4, 0.5) is 0 Å². The van der Waals surface area contributed by atoms with Crippen LogP contribution in [0.15, 0.2) is 30.6 Å². The Kier molecular flexibility index (Phi) is 4.35. The quantitative estimate of drug-likeness (QED) is 0.719. The van der Waals surface area contributed by atoms with E-state index in [-0.39, 0.29) is 5.41 Å². The average molecular weight is 356 g/mol. The van der Waals surface area contributed by atoms with Crippen LogP contribution in [0.5, 0.6) is 0 Å². The fraction of sp³-hybridized carbons (Fsp3) is 0.474. The van der Waals surface area contributed by atoms with Crippen LogP contribution in [-0.4, -0.2) is 52.3 Å². The highest BCUT2D eigenvalue weighted by Crippen LogP contribution is 2.29. The van der Waals surface area contributed by atoms with Crippen LogP contribution in [0.2, 0.25) is 0 Å². The number of hydrogen-bond acceptors (Lipinski definition) is 5. The van der Waals surface area contributed by atoms with Gasteiger partial charge in [0.05, 0.1) is 28.4 Å². The number of nitrogens with zero attached hydrogens (tertiary/aromatic N) is 4. The molecule has 1 aliphatic heterocycles. The standard InChI is InChI=1S/C19H24N4OS/c1-14-21-16-5-4-15(12-17(16)25-14)23-7-6-20-18(23)19(2,3)13-22-8-10-24-11-9-22/h4-7,12H,8-11,13H2,1-3H3. The van der Waals surface area contributed by atoms with E-state index in [0.29, 0.717) is 0 Å². The van der Waals surface area contributed by atoms with E-state index in [4.69, 9.17) is 9.72 Å². The second-order valence-electron chi connectivity index (χ2n) is 7.28. The van der Waals surface area contributed by atoms with Crippen LogP contribution in [-0.2, 0) is 10.2 Å². The van der Waals surface area contributed by atoms with Gasteiger partial charge in [-0.15, -0.1) is 11.3 Å². The maximum absolute atomic E-state index is 5.47. The second-order valence-corrected chi connectivity index (χ2v) is 8.51. The number of thiazole rings is 1. The summed E-state index contributed by atoms with van der Waals surface area (Å²) in [5.41, 5.74) is 2.18. The van der Waals surface area contributed by atoms with Gasteiger partial charge in [0, 0.05) is 43.1 Å². The van der Waals surface area contributed by atoms with Gasteiger partial charge in [-0.1, -0.05) is 13.8 Å². The van der Waals surface area contributed by atoms with E-state index < -0.39 is 0 Å². The van der Waals surface area contributed by atoms with Gasteiger partial charge in [-0.2, -0.15) is 0 Å². The van der Waals surface area contributed by atoms with Crippen LogP contribution in [0.25, 0.3) is 15.9 Å². The molecule has 0 atom stereocenters. The normalized spacial score (nSPS) is 16.6. The fourth-order valence-corrected chi connectivity index (χ4v) is 4.44. The van der Waals surface area contributed by atoms with E-state index in [1.165, 1.54) is 4.70 Å². The summed E-state index contributed by atoms with van der Waals surface area (Å²) >= 11 is 1.74. The van der Waals surface area contributed by atoms with Crippen molar-refractivity contribution in [2.45, 2.75) is 26.2 Å². The predicted molar refractivity (Wildman–Crippen MR) is 102 cm³/mol. The molecule has 0 saturated carbocycles. The Labute approximate surface area is 152 Å². The van der Waals surface area contributed by atoms with Crippen molar-refractivity contribution < 1.29 is 4.74 Å². The summed E-state index contributed by atoms with van der Waals surface area (Å²) < 4.78 is 8.91. The van der Waals surface area contributed by atoms with Gasteiger partial charge in [-0.25, -0.2) is 9.97 Å². The number of benzene rings is 1. The van der Waals surface area contributed by atoms with Crippen molar-refractivity contribution in [2.75, 3.05) is 32.8 Å². The van der Waals surface area contributed by atoms with Crippen molar-refractivity contribution in [3.63, 3.8) is 0 Å². The summed E-state index contributed by atoms with van der Waals surface area (Å²) in [5.74, 6) is 1.10. The largest absolute Gasteiger partial charge is 0.379 e. The molecule has 6 heteroatoms. The maximum Gasteiger partial charge on any atom is 0.120 e. The van der Waals surface area contributed by atoms with Crippen LogP contribution in [0.1, 0.15) is 24.7 Å². The summed E-state index contributed by atoms with van der Waals surface area (Å²) in [5, 5.41) is 1.10. The first-order valence-electron chi connectivity index (χ1n) is 8.74. The van der Waals surface area contributed by atoms with Crippen LogP contribution in [0, 0.1) is 6.92 Å². The van der Waals surface area contributed by atoms with E-state index in [2.05, 4.69) is 59.6 Å². The average Bonchev–Trinajstić information content (AvgIpc) is 3.20. The molecule has 3 aromatic rings. The molecule has 4 rings (SSSR count). The molecule has 25 heavy (non-hydrogen) atoms. The van der Waals surface area contributed by atoms with Crippen molar-refractivity contribution >= 4 is 21.6 Å². The molecule has 0 bridgehead atoms. The van der Waals surface area contributed by atoms with E-state index in [0.717, 1.165) is 54.9 Å². The van der Waals surface area contributed by atoms with Crippen molar-refractivity contribution in [1.29, 1.82) is 0 Å². The molecule has 1 saturated heterocycles. The summed E-state index contributed by atoms with van der Waals surface area (Å²) in [6, 6.07) is 6.46. The number of imidazole rings is 1. The summed E-state index contributed by atoms with van der Waals surface area (Å²) in [6.07, 6.45) is 3.96. The Morgan fingerprint density at radius 3 is 2.84 bits per heavy atom. The minimum Gasteiger partial charge on any atom is -0.379 e. The van der Waals surface area contributed by atoms with Gasteiger partial charge in [-0.05, 0) is 25.1 Å². The molecule has 0 radical (unpaired) electrons. The highest BCUT2D eigenvalue weighted by atomic mass is 32.1. The van der Waals surface area contributed by atoms with E-state index >= 15 is 0 Å². The number of fused-ring (bicyclic) bond motifs is 1. The zero-order valence-electron chi connectivity index (χ0n) is 15.0. The van der Waals surface area contributed by atoms with Gasteiger partial charge in [0.15, 0.2) is 0 Å². The Morgan fingerprint density at radius 1 is 1.24 bits per heavy atom.